The number of rotatable bonds is 5. The molecule has 3 aromatic carbocycles. The average molecular weight is 415 g/mol. The second kappa shape index (κ2) is 8.07. The minimum absolute atomic E-state index is 0.292. The van der Waals surface area contributed by atoms with E-state index in [1.54, 1.807) is 55.5 Å². The molecule has 2 amide bonds. The molecule has 1 unspecified atom stereocenters. The lowest BCUT2D eigenvalue weighted by molar-refractivity contribution is -0.141. The molecular formula is C25H21NO5. The molecule has 0 N–H and O–H groups in total. The number of fused-ring (bicyclic) bond motifs is 1. The standard InChI is InChI=1S/C25H21NO5/c1-15-8-11-20(14-16(15)2)30-17(3)25(29)31-19-12-9-18(10-13-19)26-23(27)21-6-4-5-7-22(21)24(26)28/h4-14,17H,1-3H3. The third-order valence-electron chi connectivity index (χ3n) is 5.23. The zero-order valence-corrected chi connectivity index (χ0v) is 17.4. The van der Waals surface area contributed by atoms with Crippen molar-refractivity contribution < 1.29 is 23.9 Å². The van der Waals surface area contributed by atoms with Gasteiger partial charge in [0.15, 0.2) is 6.10 Å². The summed E-state index contributed by atoms with van der Waals surface area (Å²) >= 11 is 0. The van der Waals surface area contributed by atoms with Gasteiger partial charge in [0.1, 0.15) is 11.5 Å². The topological polar surface area (TPSA) is 72.9 Å². The van der Waals surface area contributed by atoms with Gasteiger partial charge in [-0.15, -0.1) is 0 Å². The molecule has 3 aromatic rings. The van der Waals surface area contributed by atoms with Gasteiger partial charge in [0, 0.05) is 0 Å². The number of hydrogen-bond acceptors (Lipinski definition) is 5. The first kappa shape index (κ1) is 20.3. The molecule has 1 aliphatic rings. The van der Waals surface area contributed by atoms with Crippen LogP contribution in [0, 0.1) is 13.8 Å². The molecule has 31 heavy (non-hydrogen) atoms. The Hall–Kier alpha value is -3.93. The van der Waals surface area contributed by atoms with Crippen LogP contribution in [0.1, 0.15) is 38.8 Å². The van der Waals surface area contributed by atoms with Gasteiger partial charge in [-0.3, -0.25) is 9.59 Å². The number of aryl methyl sites for hydroxylation is 2. The van der Waals surface area contributed by atoms with Crippen molar-refractivity contribution in [2.75, 3.05) is 4.90 Å². The van der Waals surface area contributed by atoms with Crippen LogP contribution in [-0.2, 0) is 4.79 Å². The Morgan fingerprint density at radius 1 is 0.806 bits per heavy atom. The monoisotopic (exact) mass is 415 g/mol. The summed E-state index contributed by atoms with van der Waals surface area (Å²) in [6, 6.07) is 18.5. The molecule has 0 radical (unpaired) electrons. The van der Waals surface area contributed by atoms with Crippen molar-refractivity contribution in [1.29, 1.82) is 0 Å². The van der Waals surface area contributed by atoms with Gasteiger partial charge < -0.3 is 9.47 Å². The Bertz CT molecular complexity index is 1150. The third kappa shape index (κ3) is 3.92. The summed E-state index contributed by atoms with van der Waals surface area (Å²) < 4.78 is 11.1. The van der Waals surface area contributed by atoms with Crippen LogP contribution in [0.15, 0.2) is 66.7 Å². The second-order valence-electron chi connectivity index (χ2n) is 7.41. The maximum atomic E-state index is 12.6. The Kier molecular flexibility index (Phi) is 5.29. The molecule has 0 fully saturated rings. The molecule has 0 saturated heterocycles. The molecule has 0 spiro atoms. The van der Waals surface area contributed by atoms with Crippen LogP contribution < -0.4 is 14.4 Å². The molecule has 0 saturated carbocycles. The zero-order chi connectivity index (χ0) is 22.1. The van der Waals surface area contributed by atoms with Gasteiger partial charge in [0.2, 0.25) is 0 Å². The Morgan fingerprint density at radius 2 is 1.39 bits per heavy atom. The number of ether oxygens (including phenoxy) is 2. The number of anilines is 1. The molecule has 0 aliphatic carbocycles. The van der Waals surface area contributed by atoms with E-state index in [4.69, 9.17) is 9.47 Å². The molecule has 6 nitrogen and oxygen atoms in total. The van der Waals surface area contributed by atoms with Crippen molar-refractivity contribution in [3.63, 3.8) is 0 Å². The highest BCUT2D eigenvalue weighted by atomic mass is 16.6. The Labute approximate surface area is 180 Å². The summed E-state index contributed by atoms with van der Waals surface area (Å²) in [5.41, 5.74) is 3.37. The molecule has 4 rings (SSSR count). The highest BCUT2D eigenvalue weighted by Gasteiger charge is 2.36. The molecule has 156 valence electrons. The lowest BCUT2D eigenvalue weighted by atomic mass is 10.1. The lowest BCUT2D eigenvalue weighted by Crippen LogP contribution is -2.29. The van der Waals surface area contributed by atoms with Gasteiger partial charge in [0.05, 0.1) is 16.8 Å². The molecule has 0 aromatic heterocycles. The summed E-state index contributed by atoms with van der Waals surface area (Å²) in [6.07, 6.45) is -0.807. The van der Waals surface area contributed by atoms with Crippen molar-refractivity contribution in [1.82, 2.24) is 0 Å². The quantitative estimate of drug-likeness (QED) is 0.349. The fraction of sp³-hybridized carbons (Fsp3) is 0.160. The second-order valence-corrected chi connectivity index (χ2v) is 7.41. The van der Waals surface area contributed by atoms with Gasteiger partial charge in [0.25, 0.3) is 11.8 Å². The van der Waals surface area contributed by atoms with Gasteiger partial charge in [-0.05, 0) is 80.4 Å². The van der Waals surface area contributed by atoms with E-state index in [2.05, 4.69) is 0 Å². The number of carbonyl (C=O) groups is 3. The SMILES string of the molecule is Cc1ccc(OC(C)C(=O)Oc2ccc(N3C(=O)c4ccccc4C3=O)cc2)cc1C. The summed E-state index contributed by atoms with van der Waals surface area (Å²) in [4.78, 5) is 38.7. The maximum Gasteiger partial charge on any atom is 0.352 e. The fourth-order valence-corrected chi connectivity index (χ4v) is 3.33. The van der Waals surface area contributed by atoms with Crippen molar-refractivity contribution in [2.24, 2.45) is 0 Å². The predicted octanol–water partition coefficient (Wildman–Crippen LogP) is 4.48. The summed E-state index contributed by atoms with van der Waals surface area (Å²) in [5.74, 6) is -0.414. The first-order valence-electron chi connectivity index (χ1n) is 9.88. The van der Waals surface area contributed by atoms with Crippen LogP contribution in [-0.4, -0.2) is 23.9 Å². The van der Waals surface area contributed by atoms with Crippen molar-refractivity contribution in [3.05, 3.63) is 89.0 Å². The minimum atomic E-state index is -0.807. The van der Waals surface area contributed by atoms with Gasteiger partial charge in [-0.2, -0.15) is 0 Å². The lowest BCUT2D eigenvalue weighted by Gasteiger charge is -2.16. The van der Waals surface area contributed by atoms with E-state index in [1.165, 1.54) is 0 Å². The third-order valence-corrected chi connectivity index (χ3v) is 5.23. The van der Waals surface area contributed by atoms with Crippen LogP contribution in [0.25, 0.3) is 0 Å². The van der Waals surface area contributed by atoms with Crippen molar-refractivity contribution >= 4 is 23.5 Å². The summed E-state index contributed by atoms with van der Waals surface area (Å²) in [5, 5.41) is 0. The maximum absolute atomic E-state index is 12.6. The van der Waals surface area contributed by atoms with E-state index in [0.29, 0.717) is 28.3 Å². The van der Waals surface area contributed by atoms with Crippen LogP contribution in [0.5, 0.6) is 11.5 Å². The number of nitrogens with zero attached hydrogens (tertiary/aromatic N) is 1. The number of carbonyl (C=O) groups excluding carboxylic acids is 3. The van der Waals surface area contributed by atoms with E-state index < -0.39 is 12.1 Å². The number of hydrogen-bond donors (Lipinski definition) is 0. The highest BCUT2D eigenvalue weighted by Crippen LogP contribution is 2.29. The van der Waals surface area contributed by atoms with Gasteiger partial charge in [-0.25, -0.2) is 9.69 Å². The molecular weight excluding hydrogens is 394 g/mol. The Morgan fingerprint density at radius 3 is 1.97 bits per heavy atom. The number of amides is 2. The highest BCUT2D eigenvalue weighted by molar-refractivity contribution is 6.34. The number of benzene rings is 3. The van der Waals surface area contributed by atoms with E-state index >= 15 is 0 Å². The minimum Gasteiger partial charge on any atom is -0.479 e. The van der Waals surface area contributed by atoms with Gasteiger partial charge >= 0.3 is 5.97 Å². The summed E-state index contributed by atoms with van der Waals surface area (Å²) in [7, 11) is 0. The summed E-state index contributed by atoms with van der Waals surface area (Å²) in [6.45, 7) is 5.59. The van der Waals surface area contributed by atoms with Crippen LogP contribution in [0.4, 0.5) is 5.69 Å². The van der Waals surface area contributed by atoms with Crippen molar-refractivity contribution in [2.45, 2.75) is 26.9 Å². The average Bonchev–Trinajstić information content (AvgIpc) is 3.02. The van der Waals surface area contributed by atoms with Gasteiger partial charge in [-0.1, -0.05) is 18.2 Å². The van der Waals surface area contributed by atoms with Crippen LogP contribution in [0.3, 0.4) is 0 Å². The predicted molar refractivity (Wildman–Crippen MR) is 116 cm³/mol. The van der Waals surface area contributed by atoms with E-state index in [1.807, 2.05) is 32.0 Å². The first-order chi connectivity index (χ1) is 14.8. The number of esters is 1. The first-order valence-corrected chi connectivity index (χ1v) is 9.88. The molecule has 1 aliphatic heterocycles. The number of imide groups is 1. The zero-order valence-electron chi connectivity index (χ0n) is 17.4. The van der Waals surface area contributed by atoms with E-state index in [9.17, 15) is 14.4 Å². The fourth-order valence-electron chi connectivity index (χ4n) is 3.33. The van der Waals surface area contributed by atoms with E-state index in [-0.39, 0.29) is 11.8 Å². The molecule has 0 bridgehead atoms. The smallest absolute Gasteiger partial charge is 0.352 e. The van der Waals surface area contributed by atoms with Crippen molar-refractivity contribution in [3.8, 4) is 11.5 Å². The molecule has 1 heterocycles. The molecule has 6 heteroatoms. The largest absolute Gasteiger partial charge is 0.479 e. The Balaban J connectivity index is 1.43. The van der Waals surface area contributed by atoms with Crippen LogP contribution >= 0.6 is 0 Å². The van der Waals surface area contributed by atoms with E-state index in [0.717, 1.165) is 16.0 Å². The normalized spacial score (nSPS) is 13.7. The molecule has 1 atom stereocenters. The van der Waals surface area contributed by atoms with Crippen LogP contribution in [0.2, 0.25) is 0 Å².